The zero-order valence-corrected chi connectivity index (χ0v) is 52.2. The lowest BCUT2D eigenvalue weighted by Crippen LogP contribution is -2.40. The Labute approximate surface area is 521 Å². The fourth-order valence-corrected chi connectivity index (χ4v) is 15.7. The molecule has 0 aliphatic carbocycles. The molecule has 0 saturated carbocycles. The molecule has 9 aromatic carbocycles. The molecule has 3 saturated heterocycles. The maximum atomic E-state index is 12.1. The SMILES string of the molecule is COc1cc2c3c(c4ccc(O)cc4c2cc1OC)[C@H](O)[C@@H]1CCCN1C3.COc1cc2c3c(c4ccc(O)cc4c2cc1OC)[C@H](OC(C)=O)[C@@H]1CCCN1C3.COc1cc2c3c(c4ccc(OC(C)=O)cc4c2cc1OC)[C@H](OC(C)=O)[C@@H]1CCCN1C3. The van der Waals surface area contributed by atoms with Gasteiger partial charge in [-0.3, -0.25) is 29.1 Å². The van der Waals surface area contributed by atoms with E-state index in [1.54, 1.807) is 73.0 Å². The fraction of sp³-hybridized carbons (Fsp3) is 0.375. The van der Waals surface area contributed by atoms with E-state index in [0.717, 1.165) is 176 Å². The highest BCUT2D eigenvalue weighted by Gasteiger charge is 2.44. The lowest BCUT2D eigenvalue weighted by atomic mass is 9.83. The van der Waals surface area contributed by atoms with Crippen LogP contribution >= 0.6 is 0 Å². The molecule has 3 N–H and O–H groups in total. The Balaban J connectivity index is 0.000000124. The molecular formula is C72H75N3O15. The van der Waals surface area contributed by atoms with Crippen LogP contribution in [0, 0.1) is 0 Å². The number of methoxy groups -OCH3 is 6. The van der Waals surface area contributed by atoms with Gasteiger partial charge in [0.15, 0.2) is 34.5 Å². The predicted molar refractivity (Wildman–Crippen MR) is 343 cm³/mol. The first-order valence-corrected chi connectivity index (χ1v) is 30.8. The molecule has 9 aromatic rings. The number of carbonyl (C=O) groups excluding carboxylic acids is 3. The Bertz CT molecular complexity index is 4390. The number of ether oxygens (including phenoxy) is 9. The van der Waals surface area contributed by atoms with E-state index in [9.17, 15) is 29.7 Å². The molecule has 6 atom stereocenters. The maximum absolute atomic E-state index is 12.1. The van der Waals surface area contributed by atoms with Gasteiger partial charge in [0.05, 0.1) is 60.8 Å². The van der Waals surface area contributed by atoms with Gasteiger partial charge in [0.1, 0.15) is 29.5 Å². The first-order valence-electron chi connectivity index (χ1n) is 30.8. The number of hydrogen-bond donors (Lipinski definition) is 3. The average molecular weight is 1220 g/mol. The zero-order chi connectivity index (χ0) is 63.0. The number of aliphatic hydroxyl groups is 1. The number of esters is 3. The molecule has 90 heavy (non-hydrogen) atoms. The number of aliphatic hydroxyl groups excluding tert-OH is 1. The van der Waals surface area contributed by atoms with Gasteiger partial charge in [-0.2, -0.15) is 0 Å². The summed E-state index contributed by atoms with van der Waals surface area (Å²) in [7, 11) is 9.73. The van der Waals surface area contributed by atoms with Crippen LogP contribution in [0.25, 0.3) is 64.6 Å². The number of carbonyl (C=O) groups is 3. The summed E-state index contributed by atoms with van der Waals surface area (Å²) in [5.74, 6) is 3.80. The van der Waals surface area contributed by atoms with E-state index >= 15 is 0 Å². The van der Waals surface area contributed by atoms with Crippen LogP contribution in [0.1, 0.15) is 111 Å². The Kier molecular flexibility index (Phi) is 16.2. The second-order valence-corrected chi connectivity index (χ2v) is 24.2. The molecule has 0 amide bonds. The van der Waals surface area contributed by atoms with Gasteiger partial charge in [-0.15, -0.1) is 0 Å². The highest BCUT2D eigenvalue weighted by atomic mass is 16.6. The molecular weight excluding hydrogens is 1150 g/mol. The Hall–Kier alpha value is -8.81. The van der Waals surface area contributed by atoms with Crippen molar-refractivity contribution >= 4 is 82.5 Å². The van der Waals surface area contributed by atoms with Crippen LogP contribution in [0.3, 0.4) is 0 Å². The summed E-state index contributed by atoms with van der Waals surface area (Å²) >= 11 is 0. The van der Waals surface area contributed by atoms with E-state index in [4.69, 9.17) is 42.6 Å². The van der Waals surface area contributed by atoms with Crippen molar-refractivity contribution in [2.75, 3.05) is 62.3 Å². The smallest absolute Gasteiger partial charge is 0.308 e. The first kappa shape index (κ1) is 60.1. The molecule has 468 valence electrons. The third-order valence-corrected chi connectivity index (χ3v) is 19.4. The van der Waals surface area contributed by atoms with Gasteiger partial charge < -0.3 is 58.0 Å². The second kappa shape index (κ2) is 24.2. The van der Waals surface area contributed by atoms with Crippen LogP contribution in [0.15, 0.2) is 91.0 Å². The maximum Gasteiger partial charge on any atom is 0.308 e. The van der Waals surface area contributed by atoms with Gasteiger partial charge in [0.2, 0.25) is 0 Å². The van der Waals surface area contributed by atoms with Crippen molar-refractivity contribution in [3.8, 4) is 51.7 Å². The average Bonchev–Trinajstić information content (AvgIpc) is 1.06. The summed E-state index contributed by atoms with van der Waals surface area (Å²) in [6, 6.07) is 28.8. The van der Waals surface area contributed by atoms with Gasteiger partial charge >= 0.3 is 17.9 Å². The molecule has 6 aliphatic rings. The van der Waals surface area contributed by atoms with Crippen molar-refractivity contribution in [1.29, 1.82) is 0 Å². The number of phenols is 2. The molecule has 0 spiro atoms. The molecule has 0 radical (unpaired) electrons. The minimum absolute atomic E-state index is 0.148. The number of benzene rings is 9. The first-order chi connectivity index (χ1) is 43.5. The number of rotatable bonds is 9. The van der Waals surface area contributed by atoms with Crippen LogP contribution in [0.4, 0.5) is 0 Å². The quantitative estimate of drug-likeness (QED) is 0.0698. The number of fused-ring (bicyclic) bond motifs is 21. The topological polar surface area (TPSA) is 205 Å². The van der Waals surface area contributed by atoms with Crippen molar-refractivity contribution < 1.29 is 72.3 Å². The van der Waals surface area contributed by atoms with E-state index in [-0.39, 0.29) is 59.7 Å². The normalized spacial score (nSPS) is 20.8. The molecule has 18 nitrogen and oxygen atoms in total. The molecule has 3 fully saturated rings. The van der Waals surface area contributed by atoms with Crippen LogP contribution in [0.5, 0.6) is 51.7 Å². The van der Waals surface area contributed by atoms with E-state index in [2.05, 4.69) is 14.7 Å². The van der Waals surface area contributed by atoms with E-state index in [1.807, 2.05) is 60.7 Å². The summed E-state index contributed by atoms with van der Waals surface area (Å²) in [5, 5.41) is 43.3. The van der Waals surface area contributed by atoms with Gasteiger partial charge in [0.25, 0.3) is 0 Å². The highest BCUT2D eigenvalue weighted by molar-refractivity contribution is 6.15. The zero-order valence-electron chi connectivity index (χ0n) is 52.2. The predicted octanol–water partition coefficient (Wildman–Crippen LogP) is 12.5. The van der Waals surface area contributed by atoms with E-state index in [1.165, 1.54) is 20.8 Å². The molecule has 0 aromatic heterocycles. The van der Waals surface area contributed by atoms with Crippen LogP contribution < -0.4 is 33.2 Å². The Morgan fingerprint density at radius 3 is 1.09 bits per heavy atom. The summed E-state index contributed by atoms with van der Waals surface area (Å²) in [6.07, 6.45) is 5.04. The number of phenolic OH excluding ortho intramolecular Hbond substituents is 2. The summed E-state index contributed by atoms with van der Waals surface area (Å²) in [4.78, 5) is 43.0. The number of nitrogens with zero attached hydrogens (tertiary/aromatic N) is 3. The molecule has 0 bridgehead atoms. The van der Waals surface area contributed by atoms with Crippen molar-refractivity contribution in [1.82, 2.24) is 14.7 Å². The largest absolute Gasteiger partial charge is 0.508 e. The Morgan fingerprint density at radius 2 is 0.711 bits per heavy atom. The molecule has 15 rings (SSSR count). The lowest BCUT2D eigenvalue weighted by Gasteiger charge is -2.39. The lowest BCUT2D eigenvalue weighted by molar-refractivity contribution is -0.151. The van der Waals surface area contributed by atoms with Gasteiger partial charge in [0, 0.05) is 57.6 Å². The van der Waals surface area contributed by atoms with E-state index in [0.29, 0.717) is 40.2 Å². The Morgan fingerprint density at radius 1 is 0.389 bits per heavy atom. The van der Waals surface area contributed by atoms with Gasteiger partial charge in [-0.1, -0.05) is 18.2 Å². The fourth-order valence-electron chi connectivity index (χ4n) is 15.7. The molecule has 0 unspecified atom stereocenters. The van der Waals surface area contributed by atoms with Crippen LogP contribution in [-0.2, 0) is 43.5 Å². The molecule has 18 heteroatoms. The van der Waals surface area contributed by atoms with Crippen molar-refractivity contribution in [2.24, 2.45) is 0 Å². The number of hydrogen-bond acceptors (Lipinski definition) is 18. The van der Waals surface area contributed by atoms with Crippen molar-refractivity contribution in [2.45, 2.75) is 115 Å². The molecule has 6 aliphatic heterocycles. The highest BCUT2D eigenvalue weighted by Crippen LogP contribution is 2.52. The number of aromatic hydroxyl groups is 2. The third kappa shape index (κ3) is 10.4. The minimum atomic E-state index is -0.527. The van der Waals surface area contributed by atoms with Gasteiger partial charge in [-0.05, 0) is 218 Å². The van der Waals surface area contributed by atoms with Crippen LogP contribution in [-0.4, -0.2) is 128 Å². The third-order valence-electron chi connectivity index (χ3n) is 19.4. The summed E-state index contributed by atoms with van der Waals surface area (Å²) < 4.78 is 50.6. The summed E-state index contributed by atoms with van der Waals surface area (Å²) in [5.41, 5.74) is 6.49. The van der Waals surface area contributed by atoms with E-state index < -0.39 is 6.10 Å². The summed E-state index contributed by atoms with van der Waals surface area (Å²) in [6.45, 7) is 9.67. The minimum Gasteiger partial charge on any atom is -0.508 e. The van der Waals surface area contributed by atoms with Crippen LogP contribution in [0.2, 0.25) is 0 Å². The second-order valence-electron chi connectivity index (χ2n) is 24.2. The van der Waals surface area contributed by atoms with Gasteiger partial charge in [-0.25, -0.2) is 0 Å². The van der Waals surface area contributed by atoms with Crippen molar-refractivity contribution in [3.63, 3.8) is 0 Å². The molecule has 6 heterocycles. The monoisotopic (exact) mass is 1220 g/mol. The standard InChI is InChI=1S/C26H27NO6.C24H25NO5.C22H23NO4/c1-14(28)32-16-7-8-17-18(10-16)19-11-23(30-3)24(31-4)12-20(19)21-13-27-9-5-6-22(27)26(25(17)21)33-15(2)29;1-13(26)30-24-20-5-4-8-25(20)12-19-18-11-22(29-3)21(28-2)10-17(18)16-9-14(27)6-7-15(16)23(19)24;1-26-19-9-15-14-8-12(24)5-6-13(14)21-17(16(15)10-20(19)27-2)11-23-7-3-4-18(23)22(21)25/h7-8,10-12,22,26H,5-6,9,13H2,1-4H3;6-7,9-11,20,24,27H,4-5,8,12H2,1-3H3;5-6,8-10,18,22,24-25H,3-4,7,11H2,1-2H3/t22-,26+;20-,24+;18-,22+/m000/s1. The van der Waals surface area contributed by atoms with Crippen molar-refractivity contribution in [3.05, 3.63) is 124 Å².